The molecule has 4 nitrogen and oxygen atoms in total. The van der Waals surface area contributed by atoms with Gasteiger partial charge in [-0.15, -0.1) is 0 Å². The van der Waals surface area contributed by atoms with Crippen LogP contribution in [0.15, 0.2) is 18.5 Å². The van der Waals surface area contributed by atoms with Crippen LogP contribution in [0.3, 0.4) is 0 Å². The molecule has 0 bridgehead atoms. The van der Waals surface area contributed by atoms with E-state index >= 15 is 0 Å². The summed E-state index contributed by atoms with van der Waals surface area (Å²) in [7, 11) is 0. The van der Waals surface area contributed by atoms with Crippen LogP contribution in [-0.2, 0) is 6.42 Å². The van der Waals surface area contributed by atoms with Crippen molar-refractivity contribution in [2.75, 3.05) is 6.54 Å². The van der Waals surface area contributed by atoms with Gasteiger partial charge in [-0.2, -0.15) is 0 Å². The molecule has 104 valence electrons. The van der Waals surface area contributed by atoms with Gasteiger partial charge in [0.25, 0.3) is 0 Å². The molecule has 2 rings (SSSR count). The Balaban J connectivity index is 2.24. The monoisotopic (exact) mass is 260 g/mol. The highest BCUT2D eigenvalue weighted by atomic mass is 15.1. The van der Waals surface area contributed by atoms with E-state index in [-0.39, 0.29) is 0 Å². The highest BCUT2D eigenvalue weighted by Gasteiger charge is 2.13. The highest BCUT2D eigenvalue weighted by molar-refractivity contribution is 5.74. The van der Waals surface area contributed by atoms with Gasteiger partial charge in [0.15, 0.2) is 0 Å². The van der Waals surface area contributed by atoms with Crippen molar-refractivity contribution >= 4 is 11.0 Å². The number of aryl methyl sites for hydroxylation is 1. The molecule has 2 aromatic rings. The summed E-state index contributed by atoms with van der Waals surface area (Å²) in [5.41, 5.74) is 7.79. The number of imidazole rings is 1. The Bertz CT molecular complexity index is 530. The SMILES string of the molecule is CC(CCN)CCc1nc2cnccc2n1C(C)C. The normalized spacial score (nSPS) is 13.3. The number of pyridine rings is 1. The van der Waals surface area contributed by atoms with Gasteiger partial charge in [0.2, 0.25) is 0 Å². The van der Waals surface area contributed by atoms with Gasteiger partial charge in [-0.25, -0.2) is 4.98 Å². The highest BCUT2D eigenvalue weighted by Crippen LogP contribution is 2.22. The van der Waals surface area contributed by atoms with E-state index in [9.17, 15) is 0 Å². The topological polar surface area (TPSA) is 56.7 Å². The summed E-state index contributed by atoms with van der Waals surface area (Å²) in [6.07, 6.45) is 6.92. The van der Waals surface area contributed by atoms with E-state index in [4.69, 9.17) is 10.7 Å². The fourth-order valence-electron chi connectivity index (χ4n) is 2.56. The molecule has 19 heavy (non-hydrogen) atoms. The lowest BCUT2D eigenvalue weighted by atomic mass is 10.0. The smallest absolute Gasteiger partial charge is 0.110 e. The van der Waals surface area contributed by atoms with Crippen LogP contribution in [0.25, 0.3) is 11.0 Å². The zero-order valence-corrected chi connectivity index (χ0v) is 12.1. The van der Waals surface area contributed by atoms with Crippen molar-refractivity contribution in [3.63, 3.8) is 0 Å². The first-order chi connectivity index (χ1) is 9.13. The van der Waals surface area contributed by atoms with E-state index in [0.717, 1.165) is 31.3 Å². The number of aromatic nitrogens is 3. The van der Waals surface area contributed by atoms with E-state index in [1.54, 1.807) is 0 Å². The first-order valence-corrected chi connectivity index (χ1v) is 7.14. The third-order valence-electron chi connectivity index (χ3n) is 3.60. The number of nitrogens with two attached hydrogens (primary N) is 1. The van der Waals surface area contributed by atoms with Gasteiger partial charge < -0.3 is 10.3 Å². The first kappa shape index (κ1) is 14.0. The molecule has 1 atom stereocenters. The Kier molecular flexibility index (Phi) is 4.53. The zero-order valence-electron chi connectivity index (χ0n) is 12.1. The van der Waals surface area contributed by atoms with E-state index in [1.807, 2.05) is 12.4 Å². The Hall–Kier alpha value is -1.42. The van der Waals surface area contributed by atoms with Crippen LogP contribution >= 0.6 is 0 Å². The molecule has 0 amide bonds. The van der Waals surface area contributed by atoms with Crippen LogP contribution in [0.1, 0.15) is 45.5 Å². The second kappa shape index (κ2) is 6.15. The molecule has 0 aromatic carbocycles. The molecule has 0 radical (unpaired) electrons. The minimum absolute atomic E-state index is 0.423. The predicted molar refractivity (Wildman–Crippen MR) is 79.1 cm³/mol. The van der Waals surface area contributed by atoms with Crippen LogP contribution < -0.4 is 5.73 Å². The number of nitrogens with zero attached hydrogens (tertiary/aromatic N) is 3. The molecule has 0 aliphatic rings. The minimum Gasteiger partial charge on any atom is -0.330 e. The standard InChI is InChI=1S/C15H24N4/c1-11(2)19-14-7-9-17-10-13(14)18-15(19)5-4-12(3)6-8-16/h7,9-12H,4-6,8,16H2,1-3H3. The van der Waals surface area contributed by atoms with Crippen LogP contribution in [0.4, 0.5) is 0 Å². The lowest BCUT2D eigenvalue weighted by Gasteiger charge is -2.14. The van der Waals surface area contributed by atoms with Crippen molar-refractivity contribution in [1.82, 2.24) is 14.5 Å². The number of hydrogen-bond acceptors (Lipinski definition) is 3. The van der Waals surface area contributed by atoms with Crippen LogP contribution in [0.5, 0.6) is 0 Å². The third kappa shape index (κ3) is 3.13. The zero-order chi connectivity index (χ0) is 13.8. The molecular weight excluding hydrogens is 236 g/mol. The summed E-state index contributed by atoms with van der Waals surface area (Å²) < 4.78 is 2.33. The molecule has 0 fully saturated rings. The second-order valence-corrected chi connectivity index (χ2v) is 5.58. The lowest BCUT2D eigenvalue weighted by Crippen LogP contribution is -2.10. The van der Waals surface area contributed by atoms with E-state index in [1.165, 1.54) is 11.3 Å². The number of fused-ring (bicyclic) bond motifs is 1. The molecule has 0 saturated heterocycles. The maximum absolute atomic E-state index is 5.61. The van der Waals surface area contributed by atoms with Crippen molar-refractivity contribution in [2.24, 2.45) is 11.7 Å². The van der Waals surface area contributed by atoms with Crippen LogP contribution in [-0.4, -0.2) is 21.1 Å². The van der Waals surface area contributed by atoms with Gasteiger partial charge in [-0.1, -0.05) is 6.92 Å². The van der Waals surface area contributed by atoms with E-state index in [2.05, 4.69) is 36.4 Å². The Morgan fingerprint density at radius 2 is 2.05 bits per heavy atom. The summed E-state index contributed by atoms with van der Waals surface area (Å²) in [4.78, 5) is 8.89. The largest absolute Gasteiger partial charge is 0.330 e. The molecular formula is C15H24N4. The van der Waals surface area contributed by atoms with Crippen LogP contribution in [0.2, 0.25) is 0 Å². The Morgan fingerprint density at radius 3 is 2.74 bits per heavy atom. The molecule has 1 unspecified atom stereocenters. The number of rotatable bonds is 6. The molecule has 2 heterocycles. The first-order valence-electron chi connectivity index (χ1n) is 7.14. The average Bonchev–Trinajstić information content (AvgIpc) is 2.75. The summed E-state index contributed by atoms with van der Waals surface area (Å²) >= 11 is 0. The van der Waals surface area contributed by atoms with Gasteiger partial charge in [-0.05, 0) is 45.2 Å². The molecule has 0 saturated carbocycles. The molecule has 2 aromatic heterocycles. The van der Waals surface area contributed by atoms with Crippen LogP contribution in [0, 0.1) is 5.92 Å². The summed E-state index contributed by atoms with van der Waals surface area (Å²) in [5.74, 6) is 1.82. The van der Waals surface area contributed by atoms with Gasteiger partial charge >= 0.3 is 0 Å². The minimum atomic E-state index is 0.423. The molecule has 0 aliphatic heterocycles. The second-order valence-electron chi connectivity index (χ2n) is 5.58. The van der Waals surface area contributed by atoms with Gasteiger partial charge in [0.1, 0.15) is 11.3 Å². The Morgan fingerprint density at radius 1 is 1.26 bits per heavy atom. The van der Waals surface area contributed by atoms with Gasteiger partial charge in [-0.3, -0.25) is 4.98 Å². The van der Waals surface area contributed by atoms with Crippen molar-refractivity contribution in [3.05, 3.63) is 24.3 Å². The van der Waals surface area contributed by atoms with Crippen molar-refractivity contribution in [2.45, 2.75) is 46.1 Å². The predicted octanol–water partition coefficient (Wildman–Crippen LogP) is 2.93. The molecule has 0 spiro atoms. The fourth-order valence-corrected chi connectivity index (χ4v) is 2.56. The molecule has 2 N–H and O–H groups in total. The summed E-state index contributed by atoms with van der Waals surface area (Å²) in [6, 6.07) is 2.47. The van der Waals surface area contributed by atoms with Gasteiger partial charge in [0.05, 0.1) is 11.7 Å². The summed E-state index contributed by atoms with van der Waals surface area (Å²) in [6.45, 7) is 7.44. The van der Waals surface area contributed by atoms with E-state index in [0.29, 0.717) is 12.0 Å². The Labute approximate surface area is 115 Å². The van der Waals surface area contributed by atoms with E-state index < -0.39 is 0 Å². The third-order valence-corrected chi connectivity index (χ3v) is 3.60. The number of hydrogen-bond donors (Lipinski definition) is 1. The molecule has 0 aliphatic carbocycles. The van der Waals surface area contributed by atoms with Crippen molar-refractivity contribution in [3.8, 4) is 0 Å². The quantitative estimate of drug-likeness (QED) is 0.868. The molecule has 4 heteroatoms. The maximum atomic E-state index is 5.61. The van der Waals surface area contributed by atoms with Crippen molar-refractivity contribution < 1.29 is 0 Å². The maximum Gasteiger partial charge on any atom is 0.110 e. The summed E-state index contributed by atoms with van der Waals surface area (Å²) in [5, 5.41) is 0. The van der Waals surface area contributed by atoms with Gasteiger partial charge in [0, 0.05) is 18.7 Å². The lowest BCUT2D eigenvalue weighted by molar-refractivity contribution is 0.479. The average molecular weight is 260 g/mol. The van der Waals surface area contributed by atoms with Crippen molar-refractivity contribution in [1.29, 1.82) is 0 Å². The fraction of sp³-hybridized carbons (Fsp3) is 0.600.